The maximum absolute atomic E-state index is 11.8. The van der Waals surface area contributed by atoms with Gasteiger partial charge in [0.2, 0.25) is 17.5 Å². The number of anilines is 2. The molecule has 1 heterocycles. The second-order valence-electron chi connectivity index (χ2n) is 4.06. The van der Waals surface area contributed by atoms with Gasteiger partial charge < -0.3 is 15.6 Å². The van der Waals surface area contributed by atoms with Gasteiger partial charge in [0.25, 0.3) is 0 Å². The molecular weight excluding hydrogens is 278 g/mol. The Hall–Kier alpha value is -2.49. The molecule has 1 rings (SSSR count). The Morgan fingerprint density at radius 3 is 2.52 bits per heavy atom. The van der Waals surface area contributed by atoms with Crippen molar-refractivity contribution in [2.24, 2.45) is 5.84 Å². The summed E-state index contributed by atoms with van der Waals surface area (Å²) in [6, 6.07) is 0. The van der Waals surface area contributed by atoms with Crippen molar-refractivity contribution in [3.8, 4) is 0 Å². The molecule has 0 unspecified atom stereocenters. The first-order valence-electron chi connectivity index (χ1n) is 6.52. The summed E-state index contributed by atoms with van der Waals surface area (Å²) in [5.41, 5.74) is 1.79. The number of hydrazine groups is 1. The first-order chi connectivity index (χ1) is 10.0. The average Bonchev–Trinajstić information content (AvgIpc) is 2.47. The van der Waals surface area contributed by atoms with Gasteiger partial charge in [-0.2, -0.15) is 0 Å². The third-order valence-corrected chi connectivity index (χ3v) is 2.89. The summed E-state index contributed by atoms with van der Waals surface area (Å²) in [7, 11) is 0. The number of nitrogen functional groups attached to an aromatic ring is 1. The highest BCUT2D eigenvalue weighted by Gasteiger charge is 2.22. The molecule has 4 N–H and O–H groups in total. The van der Waals surface area contributed by atoms with Gasteiger partial charge in [0, 0.05) is 26.1 Å². The molecule has 0 atom stereocenters. The van der Waals surface area contributed by atoms with Crippen LogP contribution in [0.15, 0.2) is 6.33 Å². The van der Waals surface area contributed by atoms with Gasteiger partial charge in [0.15, 0.2) is 0 Å². The van der Waals surface area contributed by atoms with Crippen molar-refractivity contribution in [1.29, 1.82) is 0 Å². The van der Waals surface area contributed by atoms with E-state index in [-0.39, 0.29) is 36.2 Å². The van der Waals surface area contributed by atoms with E-state index in [9.17, 15) is 14.9 Å². The molecule has 0 aromatic carbocycles. The zero-order chi connectivity index (χ0) is 15.8. The number of carbonyl (C=O) groups excluding carboxylic acids is 1. The zero-order valence-electron chi connectivity index (χ0n) is 12.0. The lowest BCUT2D eigenvalue weighted by Crippen LogP contribution is -2.31. The Morgan fingerprint density at radius 1 is 1.38 bits per heavy atom. The topological polar surface area (TPSA) is 139 Å². The number of hydrogen-bond donors (Lipinski definition) is 3. The maximum atomic E-state index is 11.8. The molecule has 0 aliphatic rings. The molecule has 10 heteroatoms. The molecule has 1 aromatic heterocycles. The summed E-state index contributed by atoms with van der Waals surface area (Å²) in [5.74, 6) is 5.08. The van der Waals surface area contributed by atoms with Gasteiger partial charge in [-0.05, 0) is 13.8 Å². The molecule has 0 spiro atoms. The minimum atomic E-state index is -0.635. The average molecular weight is 297 g/mol. The Morgan fingerprint density at radius 2 is 2.00 bits per heavy atom. The lowest BCUT2D eigenvalue weighted by atomic mass is 10.3. The molecule has 0 radical (unpaired) electrons. The summed E-state index contributed by atoms with van der Waals surface area (Å²) >= 11 is 0. The molecule has 21 heavy (non-hydrogen) atoms. The molecule has 1 aromatic rings. The highest BCUT2D eigenvalue weighted by molar-refractivity contribution is 5.77. The van der Waals surface area contributed by atoms with Crippen LogP contribution < -0.4 is 16.6 Å². The lowest BCUT2D eigenvalue weighted by Gasteiger charge is -2.18. The van der Waals surface area contributed by atoms with Gasteiger partial charge >= 0.3 is 5.69 Å². The number of nitrogens with one attached hydrogen (secondary N) is 2. The van der Waals surface area contributed by atoms with E-state index in [1.165, 1.54) is 0 Å². The van der Waals surface area contributed by atoms with Crippen molar-refractivity contribution in [2.75, 3.05) is 30.4 Å². The molecule has 116 valence electrons. The predicted octanol–water partition coefficient (Wildman–Crippen LogP) is 0.341. The highest BCUT2D eigenvalue weighted by Crippen LogP contribution is 2.27. The zero-order valence-corrected chi connectivity index (χ0v) is 12.0. The predicted molar refractivity (Wildman–Crippen MR) is 77.5 cm³/mol. The Labute approximate surface area is 121 Å². The summed E-state index contributed by atoms with van der Waals surface area (Å²) in [5, 5.41) is 13.8. The van der Waals surface area contributed by atoms with E-state index in [0.29, 0.717) is 13.1 Å². The lowest BCUT2D eigenvalue weighted by molar-refractivity contribution is -0.383. The molecule has 0 aliphatic heterocycles. The number of rotatable bonds is 8. The standard InChI is InChI=1S/C11H19N7O3/c1-3-17(4-2)8(19)5-6-13-10-9(18(20)21)11(16-12)15-7-14-10/h7H,3-6,12H2,1-2H3,(H2,13,14,15,16). The van der Waals surface area contributed by atoms with Crippen LogP contribution in [0.2, 0.25) is 0 Å². The molecule has 0 bridgehead atoms. The number of hydrogen-bond acceptors (Lipinski definition) is 8. The minimum absolute atomic E-state index is 0.0234. The van der Waals surface area contributed by atoms with Crippen molar-refractivity contribution in [3.05, 3.63) is 16.4 Å². The molecule has 0 fully saturated rings. The second kappa shape index (κ2) is 7.94. The summed E-state index contributed by atoms with van der Waals surface area (Å²) in [4.78, 5) is 31.4. The Bertz CT molecular complexity index is 505. The first-order valence-corrected chi connectivity index (χ1v) is 6.52. The fourth-order valence-corrected chi connectivity index (χ4v) is 1.81. The molecule has 0 saturated heterocycles. The highest BCUT2D eigenvalue weighted by atomic mass is 16.6. The molecule has 10 nitrogen and oxygen atoms in total. The van der Waals surface area contributed by atoms with Crippen LogP contribution in [-0.4, -0.2) is 45.3 Å². The first kappa shape index (κ1) is 16.6. The van der Waals surface area contributed by atoms with Crippen molar-refractivity contribution in [1.82, 2.24) is 14.9 Å². The molecule has 0 saturated carbocycles. The van der Waals surface area contributed by atoms with Crippen molar-refractivity contribution in [3.63, 3.8) is 0 Å². The fraction of sp³-hybridized carbons (Fsp3) is 0.545. The van der Waals surface area contributed by atoms with Gasteiger partial charge in [0.1, 0.15) is 6.33 Å². The smallest absolute Gasteiger partial charge is 0.354 e. The summed E-state index contributed by atoms with van der Waals surface area (Å²) < 4.78 is 0. The SMILES string of the molecule is CCN(CC)C(=O)CCNc1ncnc(NN)c1[N+](=O)[O-]. The second-order valence-corrected chi connectivity index (χ2v) is 4.06. The van der Waals surface area contributed by atoms with Crippen LogP contribution in [0, 0.1) is 10.1 Å². The largest absolute Gasteiger partial charge is 0.364 e. The number of aromatic nitrogens is 2. The molecular formula is C11H19N7O3. The van der Waals surface area contributed by atoms with Crippen molar-refractivity contribution < 1.29 is 9.72 Å². The van der Waals surface area contributed by atoms with E-state index in [2.05, 4.69) is 20.7 Å². The third kappa shape index (κ3) is 4.24. The van der Waals surface area contributed by atoms with Crippen LogP contribution in [0.4, 0.5) is 17.3 Å². The van der Waals surface area contributed by atoms with Gasteiger partial charge in [-0.1, -0.05) is 0 Å². The number of nitrogens with two attached hydrogens (primary N) is 1. The molecule has 1 amide bonds. The van der Waals surface area contributed by atoms with Crippen LogP contribution in [0.3, 0.4) is 0 Å². The van der Waals surface area contributed by atoms with Gasteiger partial charge in [-0.3, -0.25) is 14.9 Å². The summed E-state index contributed by atoms with van der Waals surface area (Å²) in [6.45, 7) is 5.28. The fourth-order valence-electron chi connectivity index (χ4n) is 1.81. The van der Waals surface area contributed by atoms with Crippen LogP contribution >= 0.6 is 0 Å². The van der Waals surface area contributed by atoms with E-state index in [1.54, 1.807) is 4.90 Å². The number of nitrogens with zero attached hydrogens (tertiary/aromatic N) is 4. The number of nitro groups is 1. The Kier molecular flexibility index (Phi) is 6.27. The van der Waals surface area contributed by atoms with Crippen LogP contribution in [-0.2, 0) is 4.79 Å². The van der Waals surface area contributed by atoms with E-state index < -0.39 is 4.92 Å². The number of carbonyl (C=O) groups is 1. The van der Waals surface area contributed by atoms with E-state index in [0.717, 1.165) is 6.33 Å². The third-order valence-electron chi connectivity index (χ3n) is 2.89. The van der Waals surface area contributed by atoms with Gasteiger partial charge in [-0.15, -0.1) is 0 Å². The van der Waals surface area contributed by atoms with E-state index in [1.807, 2.05) is 13.8 Å². The van der Waals surface area contributed by atoms with Crippen LogP contribution in [0.5, 0.6) is 0 Å². The van der Waals surface area contributed by atoms with Crippen LogP contribution in [0.25, 0.3) is 0 Å². The quantitative estimate of drug-likeness (QED) is 0.354. The number of amides is 1. The van der Waals surface area contributed by atoms with E-state index >= 15 is 0 Å². The minimum Gasteiger partial charge on any atom is -0.364 e. The Balaban J connectivity index is 2.72. The van der Waals surface area contributed by atoms with E-state index in [4.69, 9.17) is 5.84 Å². The maximum Gasteiger partial charge on any atom is 0.354 e. The monoisotopic (exact) mass is 297 g/mol. The van der Waals surface area contributed by atoms with Gasteiger partial charge in [-0.25, -0.2) is 15.8 Å². The van der Waals surface area contributed by atoms with Crippen molar-refractivity contribution >= 4 is 23.2 Å². The van der Waals surface area contributed by atoms with Gasteiger partial charge in [0.05, 0.1) is 4.92 Å². The van der Waals surface area contributed by atoms with Crippen molar-refractivity contribution in [2.45, 2.75) is 20.3 Å². The normalized spacial score (nSPS) is 10.0. The summed E-state index contributed by atoms with van der Waals surface area (Å²) in [6.07, 6.45) is 1.37. The molecule has 0 aliphatic carbocycles. The van der Waals surface area contributed by atoms with Crippen LogP contribution in [0.1, 0.15) is 20.3 Å².